The fourth-order valence-electron chi connectivity index (χ4n) is 4.23. The summed E-state index contributed by atoms with van der Waals surface area (Å²) in [4.78, 5) is 3.66. The Labute approximate surface area is 162 Å². The van der Waals surface area contributed by atoms with Gasteiger partial charge in [-0.2, -0.15) is 0 Å². The van der Waals surface area contributed by atoms with Crippen molar-refractivity contribution in [3.8, 4) is 5.69 Å². The van der Waals surface area contributed by atoms with E-state index in [1.165, 1.54) is 49.3 Å². The summed E-state index contributed by atoms with van der Waals surface area (Å²) in [5.74, 6) is 0. The van der Waals surface area contributed by atoms with Crippen molar-refractivity contribution >= 4 is 43.6 Å². The summed E-state index contributed by atoms with van der Waals surface area (Å²) in [6.45, 7) is 0. The van der Waals surface area contributed by atoms with Gasteiger partial charge in [-0.3, -0.25) is 0 Å². The van der Waals surface area contributed by atoms with Gasteiger partial charge in [-0.05, 0) is 30.3 Å². The second kappa shape index (κ2) is 4.99. The Hall–Kier alpha value is -3.52. The Kier molecular flexibility index (Phi) is 2.01. The molecule has 0 bridgehead atoms. The predicted octanol–water partition coefficient (Wildman–Crippen LogP) is 7.40. The van der Waals surface area contributed by atoms with Crippen LogP contribution in [0, 0.1) is 0 Å². The van der Waals surface area contributed by atoms with Gasteiger partial charge < -0.3 is 9.55 Å². The van der Waals surface area contributed by atoms with Crippen molar-refractivity contribution in [3.63, 3.8) is 0 Å². The van der Waals surface area contributed by atoms with E-state index in [1.807, 2.05) is 0 Å². The van der Waals surface area contributed by atoms with Crippen LogP contribution in [0.25, 0.3) is 49.3 Å². The molecule has 2 heteroatoms. The quantitative estimate of drug-likeness (QED) is 0.319. The number of fused-ring (bicyclic) bond motifs is 7. The molecule has 1 N–H and O–H groups in total. The molecule has 0 spiro atoms. The first-order valence-electron chi connectivity index (χ1n) is 12.9. The van der Waals surface area contributed by atoms with Gasteiger partial charge in [-0.15, -0.1) is 0 Å². The molecule has 0 atom stereocenters. The van der Waals surface area contributed by atoms with Crippen molar-refractivity contribution in [3.05, 3.63) is 91.0 Å². The second-order valence-electron chi connectivity index (χ2n) is 6.74. The fourth-order valence-corrected chi connectivity index (χ4v) is 4.23. The first-order chi connectivity index (χ1) is 16.9. The van der Waals surface area contributed by atoms with Crippen LogP contribution in [0.4, 0.5) is 0 Å². The average Bonchev–Trinajstić information content (AvgIpc) is 3.49. The predicted molar refractivity (Wildman–Crippen MR) is 119 cm³/mol. The van der Waals surface area contributed by atoms with Gasteiger partial charge in [0.05, 0.1) is 16.6 Å². The zero-order valence-corrected chi connectivity index (χ0v) is 14.1. The lowest BCUT2D eigenvalue weighted by Gasteiger charge is -2.07. The second-order valence-corrected chi connectivity index (χ2v) is 6.74. The van der Waals surface area contributed by atoms with Crippen LogP contribution in [0.15, 0.2) is 91.0 Å². The first-order valence-corrected chi connectivity index (χ1v) is 8.90. The Balaban J connectivity index is 0.000000467. The van der Waals surface area contributed by atoms with E-state index in [2.05, 4.69) is 101 Å². The first kappa shape index (κ1) is 10.5. The third-order valence-corrected chi connectivity index (χ3v) is 5.33. The van der Waals surface area contributed by atoms with Crippen LogP contribution < -0.4 is 0 Å². The zero-order chi connectivity index (χ0) is 25.1. The Morgan fingerprint density at radius 2 is 1.35 bits per heavy atom. The van der Waals surface area contributed by atoms with Crippen molar-refractivity contribution in [2.75, 3.05) is 0 Å². The van der Waals surface area contributed by atoms with Crippen LogP contribution >= 0.6 is 0 Å². The van der Waals surface area contributed by atoms with Crippen molar-refractivity contribution in [2.24, 2.45) is 0 Å². The molecule has 0 saturated carbocycles. The monoisotopic (exact) mass is 348 g/mol. The van der Waals surface area contributed by atoms with Crippen LogP contribution in [0.1, 0.15) is 11.9 Å². The highest BCUT2D eigenvalue weighted by Crippen LogP contribution is 2.38. The molecule has 0 fully saturated rings. The maximum atomic E-state index is 5.00. The average molecular weight is 349 g/mol. The van der Waals surface area contributed by atoms with Gasteiger partial charge in [0, 0.05) is 44.6 Å². The summed E-state index contributed by atoms with van der Waals surface area (Å²) >= 11 is 0. The van der Waals surface area contributed by atoms with Crippen molar-refractivity contribution in [2.45, 2.75) is 0 Å². The lowest BCUT2D eigenvalue weighted by molar-refractivity contribution is 1.18. The number of aromatic amines is 1. The van der Waals surface area contributed by atoms with Gasteiger partial charge in [0.2, 0.25) is 0 Å². The van der Waals surface area contributed by atoms with Crippen LogP contribution in [0.5, 0.6) is 0 Å². The fraction of sp³-hybridized carbons (Fsp3) is 0. The highest BCUT2D eigenvalue weighted by Gasteiger charge is 2.16. The van der Waals surface area contributed by atoms with Crippen LogP contribution in [0.2, 0.25) is 0 Å². The zero-order valence-electron chi connectivity index (χ0n) is 22.1. The highest BCUT2D eigenvalue weighted by atomic mass is 15.0. The summed E-state index contributed by atoms with van der Waals surface area (Å²) in [6, 6.07) is 32.3. The molecule has 0 saturated heterocycles. The highest BCUT2D eigenvalue weighted by molar-refractivity contribution is 6.25. The van der Waals surface area contributed by atoms with Gasteiger partial charge in [0.15, 0.2) is 0 Å². The smallest absolute Gasteiger partial charge is 0.0566 e. The molecule has 130 valence electrons. The summed E-state index contributed by atoms with van der Waals surface area (Å²) in [6.07, 6.45) is 0. The Morgan fingerprint density at radius 1 is 0.615 bits per heavy atom. The largest absolute Gasteiger partial charge is 0.354 e. The normalized spacial score (nSPS) is 13.1. The van der Waals surface area contributed by atoms with Gasteiger partial charge >= 0.3 is 0 Å². The molecule has 0 unspecified atom stereocenters. The topological polar surface area (TPSA) is 20.7 Å². The molecule has 2 aromatic heterocycles. The summed E-state index contributed by atoms with van der Waals surface area (Å²) in [7, 11) is 0. The molecule has 6 rings (SSSR count). The number of nitrogens with zero attached hydrogens (tertiary/aromatic N) is 1. The van der Waals surface area contributed by atoms with Crippen LogP contribution in [0.3, 0.4) is 0 Å². The standard InChI is InChI=1S/C24H16N2.4H2/c1-2-8-16(9-3-1)26-21-13-7-5-11-19(21)23-22(26)15-14-18-17-10-4-6-12-20(17)25-24(18)23;;;;/h1-15,25H;4*1H/i;4*1+1D. The molecule has 0 aliphatic carbocycles. The number of para-hydroxylation sites is 3. The number of benzene rings is 4. The Morgan fingerprint density at radius 3 is 2.23 bits per heavy atom. The van der Waals surface area contributed by atoms with Gasteiger partial charge in [-0.25, -0.2) is 0 Å². The summed E-state index contributed by atoms with van der Waals surface area (Å²) in [5, 5.41) is 5.13. The maximum Gasteiger partial charge on any atom is 0.0566 e. The van der Waals surface area contributed by atoms with E-state index in [0.717, 1.165) is 0 Å². The summed E-state index contributed by atoms with van der Waals surface area (Å²) in [5.41, 5.74) is 6.06. The molecular formula is C24H24N2. The molecule has 2 heterocycles. The molecule has 6 aromatic rings. The minimum Gasteiger partial charge on any atom is -0.354 e. The minimum atomic E-state index is 1.19. The number of aromatic nitrogens is 2. The van der Waals surface area contributed by atoms with Crippen LogP contribution in [-0.2, 0) is 0 Å². The molecule has 0 radical (unpaired) electrons. The van der Waals surface area contributed by atoms with Crippen molar-refractivity contribution in [1.29, 1.82) is 0 Å². The third kappa shape index (κ3) is 1.71. The van der Waals surface area contributed by atoms with E-state index in [4.69, 9.17) is 11.9 Å². The maximum absolute atomic E-state index is 5.00. The van der Waals surface area contributed by atoms with Crippen molar-refractivity contribution in [1.82, 2.24) is 9.55 Å². The summed E-state index contributed by atoms with van der Waals surface area (Å²) < 4.78 is 42.4. The minimum absolute atomic E-state index is 1.19. The van der Waals surface area contributed by atoms with E-state index < -0.39 is 0 Å². The molecule has 2 nitrogen and oxygen atoms in total. The molecule has 0 aliphatic rings. The van der Waals surface area contributed by atoms with E-state index in [1.54, 1.807) is 0 Å². The molecule has 26 heavy (non-hydrogen) atoms. The SMILES string of the molecule is [2H][2H].[2H][2H].[2H][2H].[2H][2H].c1ccc(-n2c3ccccc3c3c4[nH]c5ccccc5c4ccc32)cc1. The van der Waals surface area contributed by atoms with Gasteiger partial charge in [0.1, 0.15) is 0 Å². The number of nitrogens with one attached hydrogen (secondary N) is 1. The van der Waals surface area contributed by atoms with Crippen LogP contribution in [-0.4, -0.2) is 9.55 Å². The van der Waals surface area contributed by atoms with E-state index in [-0.39, 0.29) is 0 Å². The number of H-pyrrole nitrogens is 1. The van der Waals surface area contributed by atoms with E-state index in [9.17, 15) is 0 Å². The third-order valence-electron chi connectivity index (χ3n) is 5.33. The van der Waals surface area contributed by atoms with Crippen molar-refractivity contribution < 1.29 is 11.9 Å². The molecule has 0 amide bonds. The van der Waals surface area contributed by atoms with Gasteiger partial charge in [-0.1, -0.05) is 60.7 Å². The number of hydrogen-bond donors (Lipinski definition) is 1. The Bertz CT molecular complexity index is 1450. The lowest BCUT2D eigenvalue weighted by atomic mass is 10.1. The van der Waals surface area contributed by atoms with E-state index in [0.29, 0.717) is 0 Å². The number of hydrogen-bond acceptors (Lipinski definition) is 0. The molecule has 4 aromatic carbocycles. The molecular weight excluding hydrogens is 316 g/mol. The van der Waals surface area contributed by atoms with Gasteiger partial charge in [0.25, 0.3) is 0 Å². The lowest BCUT2D eigenvalue weighted by Crippen LogP contribution is -1.92. The molecule has 0 aliphatic heterocycles. The number of rotatable bonds is 1. The van der Waals surface area contributed by atoms with E-state index >= 15 is 0 Å².